The average molecular weight is 237 g/mol. The van der Waals surface area contributed by atoms with Crippen molar-refractivity contribution in [1.82, 2.24) is 14.5 Å². The maximum absolute atomic E-state index is 4.63. The Kier molecular flexibility index (Phi) is 2.59. The van der Waals surface area contributed by atoms with Gasteiger partial charge in [0, 0.05) is 18.3 Å². The number of fused-ring (bicyclic) bond motifs is 1. The van der Waals surface area contributed by atoms with Crippen LogP contribution >= 0.6 is 0 Å². The standard InChI is InChI=1S/C15H15N3/c1-3-14-17-13-5-4-10-16-15(13)18(14)12-8-6-11(2)7-9-12/h4-10H,3H2,1-2H3. The Bertz CT molecular complexity index is 681. The smallest absolute Gasteiger partial charge is 0.164 e. The van der Waals surface area contributed by atoms with Crippen LogP contribution in [0, 0.1) is 6.92 Å². The predicted octanol–water partition coefficient (Wildman–Crippen LogP) is 3.29. The lowest BCUT2D eigenvalue weighted by molar-refractivity contribution is 0.901. The molecule has 0 saturated heterocycles. The van der Waals surface area contributed by atoms with Gasteiger partial charge in [-0.05, 0) is 31.2 Å². The predicted molar refractivity (Wildman–Crippen MR) is 73.0 cm³/mol. The number of imidazole rings is 1. The van der Waals surface area contributed by atoms with Gasteiger partial charge in [0.05, 0.1) is 0 Å². The fraction of sp³-hybridized carbons (Fsp3) is 0.200. The second-order valence-electron chi connectivity index (χ2n) is 4.40. The zero-order valence-electron chi connectivity index (χ0n) is 10.6. The van der Waals surface area contributed by atoms with Crippen LogP contribution < -0.4 is 0 Å². The van der Waals surface area contributed by atoms with Gasteiger partial charge in [-0.1, -0.05) is 24.6 Å². The van der Waals surface area contributed by atoms with Crippen LogP contribution in [0.5, 0.6) is 0 Å². The third-order valence-electron chi connectivity index (χ3n) is 3.09. The average Bonchev–Trinajstić information content (AvgIpc) is 2.78. The summed E-state index contributed by atoms with van der Waals surface area (Å²) in [5, 5.41) is 0. The van der Waals surface area contributed by atoms with Crippen LogP contribution in [0.15, 0.2) is 42.6 Å². The minimum absolute atomic E-state index is 0.893. The van der Waals surface area contributed by atoms with Gasteiger partial charge in [0.15, 0.2) is 5.65 Å². The van der Waals surface area contributed by atoms with Gasteiger partial charge < -0.3 is 0 Å². The molecule has 1 aromatic carbocycles. The maximum Gasteiger partial charge on any atom is 0.164 e. The van der Waals surface area contributed by atoms with E-state index in [1.807, 2.05) is 18.3 Å². The van der Waals surface area contributed by atoms with E-state index in [1.54, 1.807) is 0 Å². The molecule has 3 rings (SSSR count). The van der Waals surface area contributed by atoms with Crippen molar-refractivity contribution in [2.24, 2.45) is 0 Å². The second-order valence-corrected chi connectivity index (χ2v) is 4.40. The molecule has 0 atom stereocenters. The van der Waals surface area contributed by atoms with Crippen molar-refractivity contribution in [1.29, 1.82) is 0 Å². The van der Waals surface area contributed by atoms with Crippen molar-refractivity contribution in [3.63, 3.8) is 0 Å². The molecule has 2 heterocycles. The molecule has 0 radical (unpaired) electrons. The SMILES string of the molecule is CCc1nc2cccnc2n1-c1ccc(C)cc1. The summed E-state index contributed by atoms with van der Waals surface area (Å²) in [6.07, 6.45) is 2.71. The number of benzene rings is 1. The van der Waals surface area contributed by atoms with Crippen molar-refractivity contribution >= 4 is 11.2 Å². The van der Waals surface area contributed by atoms with Crippen molar-refractivity contribution in [2.75, 3.05) is 0 Å². The quantitative estimate of drug-likeness (QED) is 0.684. The van der Waals surface area contributed by atoms with E-state index in [2.05, 4.69) is 52.6 Å². The largest absolute Gasteiger partial charge is 0.281 e. The number of nitrogens with zero attached hydrogens (tertiary/aromatic N) is 3. The summed E-state index contributed by atoms with van der Waals surface area (Å²) in [5.41, 5.74) is 4.26. The molecule has 0 fully saturated rings. The monoisotopic (exact) mass is 237 g/mol. The van der Waals surface area contributed by atoms with Crippen LogP contribution in [0.25, 0.3) is 16.9 Å². The molecule has 0 unspecified atom stereocenters. The Morgan fingerprint density at radius 1 is 1.11 bits per heavy atom. The first-order valence-corrected chi connectivity index (χ1v) is 6.19. The van der Waals surface area contributed by atoms with Crippen LogP contribution in [0.3, 0.4) is 0 Å². The van der Waals surface area contributed by atoms with Crippen molar-refractivity contribution < 1.29 is 0 Å². The number of rotatable bonds is 2. The van der Waals surface area contributed by atoms with Crippen molar-refractivity contribution in [3.05, 3.63) is 54.0 Å². The second kappa shape index (κ2) is 4.26. The first-order valence-electron chi connectivity index (χ1n) is 6.19. The molecular weight excluding hydrogens is 222 g/mol. The van der Waals surface area contributed by atoms with Crippen LogP contribution in [0.4, 0.5) is 0 Å². The van der Waals surface area contributed by atoms with Gasteiger partial charge in [-0.2, -0.15) is 0 Å². The third-order valence-corrected chi connectivity index (χ3v) is 3.09. The van der Waals surface area contributed by atoms with Crippen molar-refractivity contribution in [2.45, 2.75) is 20.3 Å². The number of hydrogen-bond acceptors (Lipinski definition) is 2. The molecule has 0 bridgehead atoms. The Morgan fingerprint density at radius 2 is 1.89 bits per heavy atom. The number of hydrogen-bond donors (Lipinski definition) is 0. The molecule has 0 aliphatic carbocycles. The van der Waals surface area contributed by atoms with Crippen LogP contribution in [-0.4, -0.2) is 14.5 Å². The molecule has 18 heavy (non-hydrogen) atoms. The molecule has 3 aromatic rings. The van der Waals surface area contributed by atoms with Crippen LogP contribution in [0.2, 0.25) is 0 Å². The molecule has 0 saturated carbocycles. The minimum Gasteiger partial charge on any atom is -0.281 e. The first-order chi connectivity index (χ1) is 8.79. The summed E-state index contributed by atoms with van der Waals surface area (Å²) < 4.78 is 2.13. The zero-order chi connectivity index (χ0) is 12.5. The topological polar surface area (TPSA) is 30.7 Å². The normalized spacial score (nSPS) is 11.0. The van der Waals surface area contributed by atoms with E-state index in [9.17, 15) is 0 Å². The number of aryl methyl sites for hydroxylation is 2. The van der Waals surface area contributed by atoms with E-state index in [1.165, 1.54) is 5.56 Å². The van der Waals surface area contributed by atoms with Gasteiger partial charge in [0.1, 0.15) is 11.3 Å². The number of aromatic nitrogens is 3. The van der Waals surface area contributed by atoms with E-state index in [0.29, 0.717) is 0 Å². The van der Waals surface area contributed by atoms with Crippen LogP contribution in [-0.2, 0) is 6.42 Å². The molecule has 0 spiro atoms. The molecular formula is C15H15N3. The molecule has 0 N–H and O–H groups in total. The van der Waals surface area contributed by atoms with Gasteiger partial charge in [-0.15, -0.1) is 0 Å². The first kappa shape index (κ1) is 11.0. The summed E-state index contributed by atoms with van der Waals surface area (Å²) in [6, 6.07) is 12.4. The summed E-state index contributed by atoms with van der Waals surface area (Å²) >= 11 is 0. The van der Waals surface area contributed by atoms with E-state index in [0.717, 1.165) is 29.1 Å². The van der Waals surface area contributed by atoms with Gasteiger partial charge in [0.25, 0.3) is 0 Å². The van der Waals surface area contributed by atoms with Gasteiger partial charge in [0.2, 0.25) is 0 Å². The molecule has 90 valence electrons. The summed E-state index contributed by atoms with van der Waals surface area (Å²) in [7, 11) is 0. The summed E-state index contributed by atoms with van der Waals surface area (Å²) in [5.74, 6) is 1.05. The zero-order valence-corrected chi connectivity index (χ0v) is 10.6. The lowest BCUT2D eigenvalue weighted by Gasteiger charge is -2.07. The molecule has 0 aliphatic rings. The van der Waals surface area contributed by atoms with Gasteiger partial charge in [-0.25, -0.2) is 9.97 Å². The van der Waals surface area contributed by atoms with Crippen LogP contribution in [0.1, 0.15) is 18.3 Å². The Labute approximate surface area is 106 Å². The summed E-state index contributed by atoms with van der Waals surface area (Å²) in [4.78, 5) is 9.08. The Morgan fingerprint density at radius 3 is 2.61 bits per heavy atom. The maximum atomic E-state index is 4.63. The lowest BCUT2D eigenvalue weighted by Crippen LogP contribution is -2.00. The molecule has 2 aromatic heterocycles. The Hall–Kier alpha value is -2.16. The number of pyridine rings is 1. The Balaban J connectivity index is 2.29. The van der Waals surface area contributed by atoms with E-state index < -0.39 is 0 Å². The van der Waals surface area contributed by atoms with E-state index in [4.69, 9.17) is 0 Å². The fourth-order valence-electron chi connectivity index (χ4n) is 2.16. The highest BCUT2D eigenvalue weighted by Crippen LogP contribution is 2.20. The lowest BCUT2D eigenvalue weighted by atomic mass is 10.2. The molecule has 3 heteroatoms. The highest BCUT2D eigenvalue weighted by atomic mass is 15.1. The highest BCUT2D eigenvalue weighted by Gasteiger charge is 2.11. The van der Waals surface area contributed by atoms with E-state index >= 15 is 0 Å². The van der Waals surface area contributed by atoms with E-state index in [-0.39, 0.29) is 0 Å². The minimum atomic E-state index is 0.893. The fourth-order valence-corrected chi connectivity index (χ4v) is 2.16. The third kappa shape index (κ3) is 1.68. The van der Waals surface area contributed by atoms with Crippen molar-refractivity contribution in [3.8, 4) is 5.69 Å². The molecule has 0 aliphatic heterocycles. The summed E-state index contributed by atoms with van der Waals surface area (Å²) in [6.45, 7) is 4.21. The van der Waals surface area contributed by atoms with Gasteiger partial charge >= 0.3 is 0 Å². The molecule has 0 amide bonds. The highest BCUT2D eigenvalue weighted by molar-refractivity contribution is 5.73. The molecule has 3 nitrogen and oxygen atoms in total. The van der Waals surface area contributed by atoms with Gasteiger partial charge in [-0.3, -0.25) is 4.57 Å².